The number of carbonyl (C=O) groups excluding carboxylic acids is 3. The molecule has 1 aliphatic heterocycles. The maximum Gasteiger partial charge on any atom is 0.325 e. The summed E-state index contributed by atoms with van der Waals surface area (Å²) in [6.07, 6.45) is 0.778. The first-order valence-electron chi connectivity index (χ1n) is 9.88. The van der Waals surface area contributed by atoms with E-state index >= 15 is 0 Å². The van der Waals surface area contributed by atoms with Crippen LogP contribution in [-0.4, -0.2) is 47.4 Å². The summed E-state index contributed by atoms with van der Waals surface area (Å²) < 4.78 is 34.0. The SMILES string of the molecule is COCCCn1c(C)cc(C(=O)CN2C(=O)NC(C)(c3ccc(F)c(F)c3)C2=O)c1C. The van der Waals surface area contributed by atoms with E-state index in [0.717, 1.165) is 34.8 Å². The molecule has 0 radical (unpaired) electrons. The predicted molar refractivity (Wildman–Crippen MR) is 109 cm³/mol. The van der Waals surface area contributed by atoms with Gasteiger partial charge in [-0.3, -0.25) is 14.5 Å². The largest absolute Gasteiger partial charge is 0.385 e. The van der Waals surface area contributed by atoms with E-state index < -0.39 is 35.7 Å². The molecule has 1 unspecified atom stereocenters. The molecule has 7 nitrogen and oxygen atoms in total. The van der Waals surface area contributed by atoms with Gasteiger partial charge in [0.25, 0.3) is 5.91 Å². The number of halogens is 2. The van der Waals surface area contributed by atoms with Gasteiger partial charge in [0.15, 0.2) is 17.4 Å². The number of nitrogens with one attached hydrogen (secondary N) is 1. The minimum absolute atomic E-state index is 0.0935. The second-order valence-corrected chi connectivity index (χ2v) is 7.78. The Labute approximate surface area is 179 Å². The summed E-state index contributed by atoms with van der Waals surface area (Å²) in [6.45, 7) is 5.90. The van der Waals surface area contributed by atoms with Crippen LogP contribution in [0.15, 0.2) is 24.3 Å². The van der Waals surface area contributed by atoms with E-state index in [1.807, 2.05) is 18.4 Å². The molecule has 0 bridgehead atoms. The molecule has 1 fully saturated rings. The van der Waals surface area contributed by atoms with Crippen molar-refractivity contribution < 1.29 is 27.9 Å². The number of ketones is 1. The van der Waals surface area contributed by atoms with Crippen LogP contribution in [-0.2, 0) is 21.6 Å². The van der Waals surface area contributed by atoms with Crippen molar-refractivity contribution in [1.29, 1.82) is 0 Å². The number of hydrogen-bond donors (Lipinski definition) is 1. The van der Waals surface area contributed by atoms with E-state index in [4.69, 9.17) is 4.74 Å². The van der Waals surface area contributed by atoms with Gasteiger partial charge in [0.1, 0.15) is 5.54 Å². The zero-order valence-corrected chi connectivity index (χ0v) is 17.9. The van der Waals surface area contributed by atoms with Crippen molar-refractivity contribution in [3.8, 4) is 0 Å². The molecule has 166 valence electrons. The summed E-state index contributed by atoms with van der Waals surface area (Å²) in [6, 6.07) is 3.96. The number of aromatic nitrogens is 1. The molecule has 1 saturated heterocycles. The molecule has 3 rings (SSSR count). The van der Waals surface area contributed by atoms with Crippen LogP contribution in [0.4, 0.5) is 13.6 Å². The third kappa shape index (κ3) is 4.10. The molecule has 1 N–H and O–H groups in total. The number of nitrogens with zero attached hydrogens (tertiary/aromatic N) is 2. The number of carbonyl (C=O) groups is 3. The highest BCUT2D eigenvalue weighted by molar-refractivity contribution is 6.11. The average Bonchev–Trinajstić information content (AvgIpc) is 3.12. The van der Waals surface area contributed by atoms with Gasteiger partial charge in [0.05, 0.1) is 6.54 Å². The van der Waals surface area contributed by atoms with Crippen molar-refractivity contribution in [3.05, 3.63) is 58.4 Å². The van der Waals surface area contributed by atoms with Crippen molar-refractivity contribution in [2.45, 2.75) is 39.3 Å². The van der Waals surface area contributed by atoms with E-state index in [-0.39, 0.29) is 11.3 Å². The van der Waals surface area contributed by atoms with Gasteiger partial charge < -0.3 is 14.6 Å². The van der Waals surface area contributed by atoms with Gasteiger partial charge in [-0.05, 0) is 51.0 Å². The fraction of sp³-hybridized carbons (Fsp3) is 0.409. The number of amides is 3. The zero-order valence-electron chi connectivity index (χ0n) is 17.9. The summed E-state index contributed by atoms with van der Waals surface area (Å²) in [5, 5.41) is 2.49. The van der Waals surface area contributed by atoms with Crippen LogP contribution in [0.2, 0.25) is 0 Å². The summed E-state index contributed by atoms with van der Waals surface area (Å²) in [7, 11) is 1.62. The smallest absolute Gasteiger partial charge is 0.325 e. The van der Waals surface area contributed by atoms with Gasteiger partial charge in [0, 0.05) is 37.2 Å². The van der Waals surface area contributed by atoms with Crippen molar-refractivity contribution >= 4 is 17.7 Å². The summed E-state index contributed by atoms with van der Waals surface area (Å²) in [4.78, 5) is 39.2. The third-order valence-electron chi connectivity index (χ3n) is 5.68. The number of Topliss-reactive ketones (excluding diaryl/α,β-unsaturated/α-hetero) is 1. The van der Waals surface area contributed by atoms with Crippen molar-refractivity contribution in [2.75, 3.05) is 20.3 Å². The minimum Gasteiger partial charge on any atom is -0.385 e. The summed E-state index contributed by atoms with van der Waals surface area (Å²) >= 11 is 0. The molecule has 2 aromatic rings. The van der Waals surface area contributed by atoms with E-state index in [1.54, 1.807) is 13.2 Å². The van der Waals surface area contributed by atoms with Crippen LogP contribution in [0.25, 0.3) is 0 Å². The highest BCUT2D eigenvalue weighted by Gasteiger charge is 2.49. The van der Waals surface area contributed by atoms with Crippen molar-refractivity contribution in [3.63, 3.8) is 0 Å². The van der Waals surface area contributed by atoms with Gasteiger partial charge in [-0.2, -0.15) is 0 Å². The summed E-state index contributed by atoms with van der Waals surface area (Å²) in [5.41, 5.74) is 0.561. The normalized spacial score (nSPS) is 18.6. The Balaban J connectivity index is 1.81. The van der Waals surface area contributed by atoms with E-state index in [2.05, 4.69) is 5.32 Å². The van der Waals surface area contributed by atoms with Crippen molar-refractivity contribution in [1.82, 2.24) is 14.8 Å². The highest BCUT2D eigenvalue weighted by Crippen LogP contribution is 2.30. The lowest BCUT2D eigenvalue weighted by Gasteiger charge is -2.22. The molecular weight excluding hydrogens is 408 g/mol. The van der Waals surface area contributed by atoms with Crippen LogP contribution < -0.4 is 5.32 Å². The number of benzene rings is 1. The Kier molecular flexibility index (Phi) is 6.26. The van der Waals surface area contributed by atoms with Gasteiger partial charge in [-0.15, -0.1) is 0 Å². The number of aryl methyl sites for hydroxylation is 1. The molecule has 0 spiro atoms. The van der Waals surface area contributed by atoms with Crippen LogP contribution in [0.1, 0.15) is 40.7 Å². The van der Waals surface area contributed by atoms with Crippen LogP contribution >= 0.6 is 0 Å². The molecule has 1 aliphatic rings. The average molecular weight is 433 g/mol. The highest BCUT2D eigenvalue weighted by atomic mass is 19.2. The second-order valence-electron chi connectivity index (χ2n) is 7.78. The van der Waals surface area contributed by atoms with Gasteiger partial charge in [-0.25, -0.2) is 13.6 Å². The Morgan fingerprint density at radius 3 is 2.52 bits per heavy atom. The minimum atomic E-state index is -1.59. The standard InChI is InChI=1S/C22H25F2N3O4/c1-13-10-16(14(2)26(13)8-5-9-31-4)19(28)12-27-20(29)22(3,25-21(27)30)15-6-7-17(23)18(24)11-15/h6-7,10-11H,5,8-9,12H2,1-4H3,(H,25,30). The lowest BCUT2D eigenvalue weighted by molar-refractivity contribution is -0.130. The number of ether oxygens (including phenoxy) is 1. The van der Waals surface area contributed by atoms with E-state index in [0.29, 0.717) is 18.7 Å². The number of imide groups is 1. The second kappa shape index (κ2) is 8.58. The third-order valence-corrected chi connectivity index (χ3v) is 5.68. The molecule has 1 atom stereocenters. The van der Waals surface area contributed by atoms with E-state index in [1.165, 1.54) is 13.0 Å². The first-order chi connectivity index (χ1) is 14.6. The Morgan fingerprint density at radius 2 is 1.87 bits per heavy atom. The number of rotatable bonds is 8. The van der Waals surface area contributed by atoms with Gasteiger partial charge in [-0.1, -0.05) is 6.07 Å². The molecule has 1 aromatic carbocycles. The number of hydrogen-bond acceptors (Lipinski definition) is 4. The Hall–Kier alpha value is -3.07. The molecule has 31 heavy (non-hydrogen) atoms. The molecule has 3 amide bonds. The first kappa shape index (κ1) is 22.6. The molecule has 9 heteroatoms. The zero-order chi connectivity index (χ0) is 22.9. The molecule has 2 heterocycles. The number of urea groups is 1. The maximum absolute atomic E-state index is 13.7. The monoisotopic (exact) mass is 433 g/mol. The molecule has 0 aliphatic carbocycles. The number of methoxy groups -OCH3 is 1. The predicted octanol–water partition coefficient (Wildman–Crippen LogP) is 3.07. The van der Waals surface area contributed by atoms with Crippen molar-refractivity contribution in [2.24, 2.45) is 0 Å². The Morgan fingerprint density at radius 1 is 1.16 bits per heavy atom. The molecule has 1 aromatic heterocycles. The first-order valence-corrected chi connectivity index (χ1v) is 9.88. The van der Waals surface area contributed by atoms with Gasteiger partial charge >= 0.3 is 6.03 Å². The molecule has 0 saturated carbocycles. The van der Waals surface area contributed by atoms with Crippen LogP contribution in [0, 0.1) is 25.5 Å². The fourth-order valence-electron chi connectivity index (χ4n) is 3.87. The maximum atomic E-state index is 13.7. The van der Waals surface area contributed by atoms with Gasteiger partial charge in [0.2, 0.25) is 0 Å². The Bertz CT molecular complexity index is 1050. The van der Waals surface area contributed by atoms with Crippen LogP contribution in [0.3, 0.4) is 0 Å². The lowest BCUT2D eigenvalue weighted by Crippen LogP contribution is -2.41. The quantitative estimate of drug-likeness (QED) is 0.394. The lowest BCUT2D eigenvalue weighted by atomic mass is 9.92. The van der Waals surface area contributed by atoms with E-state index in [9.17, 15) is 23.2 Å². The molecular formula is C22H25F2N3O4. The fourth-order valence-corrected chi connectivity index (χ4v) is 3.87. The van der Waals surface area contributed by atoms with Crippen LogP contribution in [0.5, 0.6) is 0 Å². The summed E-state index contributed by atoms with van der Waals surface area (Å²) in [5.74, 6) is -3.27. The topological polar surface area (TPSA) is 80.6 Å².